The highest BCUT2D eigenvalue weighted by atomic mass is 16.5. The van der Waals surface area contributed by atoms with Crippen LogP contribution in [0.3, 0.4) is 0 Å². The van der Waals surface area contributed by atoms with Crippen molar-refractivity contribution < 1.29 is 4.74 Å². The zero-order valence-corrected chi connectivity index (χ0v) is 14.2. The van der Waals surface area contributed by atoms with Gasteiger partial charge in [0.25, 0.3) is 0 Å². The molecule has 0 amide bonds. The summed E-state index contributed by atoms with van der Waals surface area (Å²) in [5.41, 5.74) is 2.50. The maximum absolute atomic E-state index is 5.79. The van der Waals surface area contributed by atoms with Crippen molar-refractivity contribution in [3.63, 3.8) is 0 Å². The van der Waals surface area contributed by atoms with Crippen LogP contribution >= 0.6 is 0 Å². The van der Waals surface area contributed by atoms with Crippen LogP contribution in [-0.4, -0.2) is 35.8 Å². The van der Waals surface area contributed by atoms with E-state index in [0.717, 1.165) is 31.1 Å². The third-order valence-corrected chi connectivity index (χ3v) is 3.73. The smallest absolute Gasteiger partial charge is 0.128 e. The van der Waals surface area contributed by atoms with E-state index in [4.69, 9.17) is 9.72 Å². The number of aromatic nitrogens is 1. The van der Waals surface area contributed by atoms with Gasteiger partial charge < -0.3 is 15.0 Å². The lowest BCUT2D eigenvalue weighted by Gasteiger charge is -2.36. The van der Waals surface area contributed by atoms with Crippen LogP contribution in [0, 0.1) is 6.92 Å². The van der Waals surface area contributed by atoms with Crippen molar-refractivity contribution in [2.24, 2.45) is 0 Å². The first-order valence-corrected chi connectivity index (χ1v) is 7.86. The molecule has 1 saturated heterocycles. The molecule has 0 bridgehead atoms. The third-order valence-electron chi connectivity index (χ3n) is 3.73. The van der Waals surface area contributed by atoms with E-state index < -0.39 is 0 Å². The van der Waals surface area contributed by atoms with E-state index in [0.29, 0.717) is 0 Å². The van der Waals surface area contributed by atoms with Crippen LogP contribution in [0.5, 0.6) is 0 Å². The molecule has 4 heteroatoms. The predicted molar refractivity (Wildman–Crippen MR) is 87.8 cm³/mol. The number of rotatable bonds is 3. The Morgan fingerprint density at radius 1 is 1.24 bits per heavy atom. The van der Waals surface area contributed by atoms with E-state index in [-0.39, 0.29) is 17.7 Å². The van der Waals surface area contributed by atoms with Crippen LogP contribution in [-0.2, 0) is 11.3 Å². The molecule has 1 aliphatic rings. The van der Waals surface area contributed by atoms with Crippen LogP contribution in [0.2, 0.25) is 0 Å². The van der Waals surface area contributed by atoms with Crippen LogP contribution in [0.4, 0.5) is 5.82 Å². The van der Waals surface area contributed by atoms with Crippen molar-refractivity contribution in [1.82, 2.24) is 10.3 Å². The van der Waals surface area contributed by atoms with Crippen LogP contribution in [0.25, 0.3) is 0 Å². The highest BCUT2D eigenvalue weighted by Crippen LogP contribution is 2.20. The first kappa shape index (κ1) is 16.2. The minimum atomic E-state index is 0.125. The van der Waals surface area contributed by atoms with Gasteiger partial charge in [-0.1, -0.05) is 6.07 Å². The molecular formula is C17H29N3O. The van der Waals surface area contributed by atoms with Crippen molar-refractivity contribution in [2.45, 2.75) is 65.8 Å². The summed E-state index contributed by atoms with van der Waals surface area (Å²) in [6.45, 7) is 15.6. The number of hydrogen-bond donors (Lipinski definition) is 1. The Morgan fingerprint density at radius 2 is 1.86 bits per heavy atom. The number of aryl methyl sites for hydroxylation is 1. The first-order chi connectivity index (χ1) is 9.74. The largest absolute Gasteiger partial charge is 0.372 e. The van der Waals surface area contributed by atoms with Crippen molar-refractivity contribution in [3.8, 4) is 0 Å². The molecule has 2 heterocycles. The molecule has 2 rings (SSSR count). The highest BCUT2D eigenvalue weighted by molar-refractivity contribution is 5.42. The molecule has 0 aliphatic carbocycles. The van der Waals surface area contributed by atoms with Crippen LogP contribution in [0.1, 0.15) is 45.9 Å². The molecule has 2 unspecified atom stereocenters. The summed E-state index contributed by atoms with van der Waals surface area (Å²) >= 11 is 0. The second kappa shape index (κ2) is 6.32. The van der Waals surface area contributed by atoms with Gasteiger partial charge in [-0.2, -0.15) is 0 Å². The van der Waals surface area contributed by atoms with Gasteiger partial charge in [0.15, 0.2) is 0 Å². The van der Waals surface area contributed by atoms with Gasteiger partial charge in [0.1, 0.15) is 5.82 Å². The summed E-state index contributed by atoms with van der Waals surface area (Å²) in [4.78, 5) is 7.12. The van der Waals surface area contributed by atoms with Crippen molar-refractivity contribution in [2.75, 3.05) is 18.0 Å². The van der Waals surface area contributed by atoms with E-state index in [1.807, 2.05) is 0 Å². The predicted octanol–water partition coefficient (Wildman–Crippen LogP) is 2.89. The van der Waals surface area contributed by atoms with Gasteiger partial charge in [0.2, 0.25) is 0 Å². The molecule has 0 aromatic carbocycles. The zero-order chi connectivity index (χ0) is 15.6. The van der Waals surface area contributed by atoms with Crippen molar-refractivity contribution in [3.05, 3.63) is 23.4 Å². The van der Waals surface area contributed by atoms with Gasteiger partial charge in [-0.15, -0.1) is 0 Å². The van der Waals surface area contributed by atoms with Gasteiger partial charge in [0, 0.05) is 30.9 Å². The number of nitrogens with one attached hydrogen (secondary N) is 1. The molecule has 1 N–H and O–H groups in total. The number of anilines is 1. The molecule has 0 saturated carbocycles. The van der Waals surface area contributed by atoms with Crippen LogP contribution in [0.15, 0.2) is 12.1 Å². The molecule has 0 radical (unpaired) electrons. The summed E-state index contributed by atoms with van der Waals surface area (Å²) in [5.74, 6) is 1.06. The van der Waals surface area contributed by atoms with E-state index in [1.54, 1.807) is 0 Å². The van der Waals surface area contributed by atoms with Crippen molar-refractivity contribution >= 4 is 5.82 Å². The molecule has 118 valence electrons. The molecule has 0 spiro atoms. The number of nitrogens with zero attached hydrogens (tertiary/aromatic N) is 2. The normalized spacial score (nSPS) is 23.4. The van der Waals surface area contributed by atoms with Crippen molar-refractivity contribution in [1.29, 1.82) is 0 Å². The van der Waals surface area contributed by atoms with E-state index >= 15 is 0 Å². The fourth-order valence-electron chi connectivity index (χ4n) is 2.66. The summed E-state index contributed by atoms with van der Waals surface area (Å²) in [6.07, 6.45) is 0.524. The molecule has 1 aliphatic heterocycles. The Bertz CT molecular complexity index is 471. The molecule has 1 aromatic heterocycles. The molecular weight excluding hydrogens is 262 g/mol. The topological polar surface area (TPSA) is 37.4 Å². The standard InChI is InChI=1S/C17H29N3O/c1-12-10-20(11-13(2)21-12)16-8-7-15(14(3)19-16)9-18-17(4,5)6/h7-8,12-13,18H,9-11H2,1-6H3. The Labute approximate surface area is 128 Å². The molecule has 1 aromatic rings. The monoisotopic (exact) mass is 291 g/mol. The lowest BCUT2D eigenvalue weighted by Crippen LogP contribution is -2.45. The van der Waals surface area contributed by atoms with E-state index in [9.17, 15) is 0 Å². The number of morpholine rings is 1. The fourth-order valence-corrected chi connectivity index (χ4v) is 2.66. The second-order valence-corrected chi connectivity index (χ2v) is 7.18. The average Bonchev–Trinajstić information content (AvgIpc) is 2.35. The summed E-state index contributed by atoms with van der Waals surface area (Å²) in [5, 5.41) is 3.52. The summed E-state index contributed by atoms with van der Waals surface area (Å²) < 4.78 is 5.79. The third kappa shape index (κ3) is 4.68. The summed E-state index contributed by atoms with van der Waals surface area (Å²) in [7, 11) is 0. The van der Waals surface area contributed by atoms with Gasteiger partial charge in [-0.05, 0) is 53.2 Å². The Balaban J connectivity index is 2.08. The Hall–Kier alpha value is -1.13. The minimum absolute atomic E-state index is 0.125. The second-order valence-electron chi connectivity index (χ2n) is 7.18. The SMILES string of the molecule is Cc1nc(N2CC(C)OC(C)C2)ccc1CNC(C)(C)C. The number of ether oxygens (including phenoxy) is 1. The number of hydrogen-bond acceptors (Lipinski definition) is 4. The lowest BCUT2D eigenvalue weighted by molar-refractivity contribution is -0.00546. The van der Waals surface area contributed by atoms with Gasteiger partial charge in [-0.3, -0.25) is 0 Å². The first-order valence-electron chi connectivity index (χ1n) is 7.86. The number of pyridine rings is 1. The quantitative estimate of drug-likeness (QED) is 0.929. The molecule has 2 atom stereocenters. The lowest BCUT2D eigenvalue weighted by atomic mass is 10.1. The van der Waals surface area contributed by atoms with Crippen LogP contribution < -0.4 is 10.2 Å². The molecule has 21 heavy (non-hydrogen) atoms. The van der Waals surface area contributed by atoms with Gasteiger partial charge in [0.05, 0.1) is 12.2 Å². The highest BCUT2D eigenvalue weighted by Gasteiger charge is 2.23. The maximum atomic E-state index is 5.79. The minimum Gasteiger partial charge on any atom is -0.372 e. The molecule has 4 nitrogen and oxygen atoms in total. The van der Waals surface area contributed by atoms with Gasteiger partial charge in [-0.25, -0.2) is 4.98 Å². The van der Waals surface area contributed by atoms with E-state index in [1.165, 1.54) is 5.56 Å². The maximum Gasteiger partial charge on any atom is 0.128 e. The molecule has 1 fully saturated rings. The Kier molecular flexibility index (Phi) is 4.89. The van der Waals surface area contributed by atoms with Gasteiger partial charge >= 0.3 is 0 Å². The fraction of sp³-hybridized carbons (Fsp3) is 0.706. The zero-order valence-electron chi connectivity index (χ0n) is 14.2. The van der Waals surface area contributed by atoms with E-state index in [2.05, 4.69) is 63.9 Å². The Morgan fingerprint density at radius 3 is 2.38 bits per heavy atom. The average molecular weight is 291 g/mol. The summed E-state index contributed by atoms with van der Waals surface area (Å²) in [6, 6.07) is 4.33.